The molecule has 4 heteroatoms. The van der Waals surface area contributed by atoms with E-state index in [1.807, 2.05) is 24.3 Å². The first-order valence-corrected chi connectivity index (χ1v) is 6.28. The first-order valence-electron chi connectivity index (χ1n) is 6.28. The lowest BCUT2D eigenvalue weighted by atomic mass is 9.96. The first kappa shape index (κ1) is 12.9. The molecule has 0 saturated heterocycles. The van der Waals surface area contributed by atoms with Gasteiger partial charge in [-0.1, -0.05) is 18.2 Å². The molecule has 1 amide bonds. The van der Waals surface area contributed by atoms with Crippen molar-refractivity contribution in [2.24, 2.45) is 5.92 Å². The molecule has 1 atom stereocenters. The molecule has 2 rings (SSSR count). The van der Waals surface area contributed by atoms with E-state index < -0.39 is 0 Å². The molecule has 1 heterocycles. The molecular weight excluding hydrogens is 230 g/mol. The number of nitrogens with one attached hydrogen (secondary N) is 1. The third-order valence-corrected chi connectivity index (χ3v) is 3.07. The lowest BCUT2D eigenvalue weighted by molar-refractivity contribution is -0.126. The van der Waals surface area contributed by atoms with Crippen LogP contribution in [0.1, 0.15) is 12.0 Å². The van der Waals surface area contributed by atoms with Crippen LogP contribution < -0.4 is 10.1 Å². The van der Waals surface area contributed by atoms with Crippen molar-refractivity contribution in [2.45, 2.75) is 12.8 Å². The molecule has 1 N–H and O–H groups in total. The van der Waals surface area contributed by atoms with Gasteiger partial charge in [0.2, 0.25) is 5.91 Å². The second kappa shape index (κ2) is 6.40. The van der Waals surface area contributed by atoms with Crippen LogP contribution in [0, 0.1) is 5.92 Å². The largest absolute Gasteiger partial charge is 0.492 e. The van der Waals surface area contributed by atoms with Crippen molar-refractivity contribution in [1.82, 2.24) is 5.32 Å². The summed E-state index contributed by atoms with van der Waals surface area (Å²) in [6, 6.07) is 7.88. The van der Waals surface area contributed by atoms with Crippen molar-refractivity contribution in [3.8, 4) is 5.75 Å². The van der Waals surface area contributed by atoms with E-state index in [0.717, 1.165) is 24.2 Å². The molecule has 0 radical (unpaired) electrons. The number of hydrogen-bond donors (Lipinski definition) is 1. The number of carbonyl (C=O) groups is 1. The number of methoxy groups -OCH3 is 1. The average molecular weight is 249 g/mol. The molecule has 1 aliphatic heterocycles. The Balaban J connectivity index is 1.83. The highest BCUT2D eigenvalue weighted by Crippen LogP contribution is 2.26. The summed E-state index contributed by atoms with van der Waals surface area (Å²) in [5, 5.41) is 2.92. The van der Waals surface area contributed by atoms with Gasteiger partial charge in [-0.3, -0.25) is 4.79 Å². The second-order valence-electron chi connectivity index (χ2n) is 4.46. The van der Waals surface area contributed by atoms with E-state index in [1.54, 1.807) is 7.11 Å². The fraction of sp³-hybridized carbons (Fsp3) is 0.500. The fourth-order valence-electron chi connectivity index (χ4n) is 2.07. The maximum Gasteiger partial charge on any atom is 0.226 e. The van der Waals surface area contributed by atoms with Crippen LogP contribution in [0.5, 0.6) is 5.75 Å². The molecule has 0 bridgehead atoms. The van der Waals surface area contributed by atoms with Crippen molar-refractivity contribution in [3.63, 3.8) is 0 Å². The molecule has 0 aliphatic carbocycles. The average Bonchev–Trinajstić information content (AvgIpc) is 2.43. The number of benzene rings is 1. The topological polar surface area (TPSA) is 47.6 Å². The predicted molar refractivity (Wildman–Crippen MR) is 68.6 cm³/mol. The molecule has 1 aromatic rings. The van der Waals surface area contributed by atoms with Crippen molar-refractivity contribution in [2.75, 3.05) is 26.9 Å². The third-order valence-electron chi connectivity index (χ3n) is 3.07. The Labute approximate surface area is 107 Å². The molecule has 0 aromatic heterocycles. The van der Waals surface area contributed by atoms with E-state index in [2.05, 4.69) is 5.32 Å². The normalized spacial score (nSPS) is 17.7. The van der Waals surface area contributed by atoms with Crippen molar-refractivity contribution >= 4 is 5.91 Å². The van der Waals surface area contributed by atoms with Crippen LogP contribution in [0.4, 0.5) is 0 Å². The van der Waals surface area contributed by atoms with Gasteiger partial charge in [-0.15, -0.1) is 0 Å². The Kier molecular flexibility index (Phi) is 4.59. The smallest absolute Gasteiger partial charge is 0.226 e. The van der Waals surface area contributed by atoms with Crippen LogP contribution in [0.15, 0.2) is 24.3 Å². The maximum atomic E-state index is 11.9. The maximum absolute atomic E-state index is 11.9. The zero-order chi connectivity index (χ0) is 12.8. The number of para-hydroxylation sites is 1. The summed E-state index contributed by atoms with van der Waals surface area (Å²) in [7, 11) is 1.66. The Hall–Kier alpha value is -1.55. The summed E-state index contributed by atoms with van der Waals surface area (Å²) in [6.45, 7) is 1.79. The molecule has 18 heavy (non-hydrogen) atoms. The number of rotatable bonds is 5. The van der Waals surface area contributed by atoms with Crippen molar-refractivity contribution in [1.29, 1.82) is 0 Å². The van der Waals surface area contributed by atoms with Crippen LogP contribution in [0.2, 0.25) is 0 Å². The monoisotopic (exact) mass is 249 g/mol. The lowest BCUT2D eigenvalue weighted by Gasteiger charge is -2.24. The number of carbonyl (C=O) groups excluding carboxylic acids is 1. The first-order chi connectivity index (χ1) is 8.81. The summed E-state index contributed by atoms with van der Waals surface area (Å²) in [5.74, 6) is 0.893. The second-order valence-corrected chi connectivity index (χ2v) is 4.46. The molecule has 0 spiro atoms. The quantitative estimate of drug-likeness (QED) is 0.802. The number of fused-ring (bicyclic) bond motifs is 1. The Bertz CT molecular complexity index is 406. The Morgan fingerprint density at radius 3 is 3.17 bits per heavy atom. The predicted octanol–water partition coefficient (Wildman–Crippen LogP) is 1.39. The van der Waals surface area contributed by atoms with E-state index in [0.29, 0.717) is 19.8 Å². The van der Waals surface area contributed by atoms with Gasteiger partial charge in [0.25, 0.3) is 0 Å². The van der Waals surface area contributed by atoms with Crippen LogP contribution in [0.25, 0.3) is 0 Å². The van der Waals surface area contributed by atoms with Crippen LogP contribution in [-0.4, -0.2) is 32.8 Å². The van der Waals surface area contributed by atoms with Gasteiger partial charge in [-0.25, -0.2) is 0 Å². The highest BCUT2D eigenvalue weighted by Gasteiger charge is 2.25. The van der Waals surface area contributed by atoms with Gasteiger partial charge in [0, 0.05) is 20.3 Å². The number of amides is 1. The molecular formula is C14H19NO3. The van der Waals surface area contributed by atoms with Gasteiger partial charge < -0.3 is 14.8 Å². The molecule has 1 aromatic carbocycles. The minimum Gasteiger partial charge on any atom is -0.492 e. The fourth-order valence-corrected chi connectivity index (χ4v) is 2.07. The van der Waals surface area contributed by atoms with Gasteiger partial charge in [0.05, 0.1) is 5.92 Å². The summed E-state index contributed by atoms with van der Waals surface area (Å²) >= 11 is 0. The number of hydrogen-bond acceptors (Lipinski definition) is 3. The van der Waals surface area contributed by atoms with E-state index in [4.69, 9.17) is 9.47 Å². The molecule has 1 unspecified atom stereocenters. The SMILES string of the molecule is COCCCNC(=O)C1COc2ccccc2C1. The third kappa shape index (κ3) is 3.23. The van der Waals surface area contributed by atoms with Gasteiger partial charge in [0.15, 0.2) is 0 Å². The van der Waals surface area contributed by atoms with Crippen LogP contribution >= 0.6 is 0 Å². The molecule has 0 saturated carbocycles. The summed E-state index contributed by atoms with van der Waals surface area (Å²) < 4.78 is 10.5. The van der Waals surface area contributed by atoms with Crippen molar-refractivity contribution in [3.05, 3.63) is 29.8 Å². The highest BCUT2D eigenvalue weighted by molar-refractivity contribution is 5.79. The zero-order valence-electron chi connectivity index (χ0n) is 10.6. The molecule has 4 nitrogen and oxygen atoms in total. The van der Waals surface area contributed by atoms with E-state index in [1.165, 1.54) is 0 Å². The standard InChI is InChI=1S/C14H19NO3/c1-17-8-4-7-15-14(16)12-9-11-5-2-3-6-13(11)18-10-12/h2-3,5-6,12H,4,7-10H2,1H3,(H,15,16). The van der Waals surface area contributed by atoms with Gasteiger partial charge in [-0.2, -0.15) is 0 Å². The van der Waals surface area contributed by atoms with Crippen LogP contribution in [0.3, 0.4) is 0 Å². The van der Waals surface area contributed by atoms with Crippen LogP contribution in [-0.2, 0) is 16.0 Å². The molecule has 1 aliphatic rings. The zero-order valence-corrected chi connectivity index (χ0v) is 10.6. The Morgan fingerprint density at radius 1 is 1.50 bits per heavy atom. The minimum absolute atomic E-state index is 0.0700. The number of ether oxygens (including phenoxy) is 2. The van der Waals surface area contributed by atoms with E-state index in [-0.39, 0.29) is 11.8 Å². The van der Waals surface area contributed by atoms with Gasteiger partial charge >= 0.3 is 0 Å². The van der Waals surface area contributed by atoms with E-state index >= 15 is 0 Å². The van der Waals surface area contributed by atoms with Gasteiger partial charge in [-0.05, 0) is 24.5 Å². The van der Waals surface area contributed by atoms with Gasteiger partial charge in [0.1, 0.15) is 12.4 Å². The summed E-state index contributed by atoms with van der Waals surface area (Å²) in [4.78, 5) is 11.9. The molecule has 98 valence electrons. The summed E-state index contributed by atoms with van der Waals surface area (Å²) in [6.07, 6.45) is 1.60. The Morgan fingerprint density at radius 2 is 2.33 bits per heavy atom. The summed E-state index contributed by atoms with van der Waals surface area (Å²) in [5.41, 5.74) is 1.11. The van der Waals surface area contributed by atoms with E-state index in [9.17, 15) is 4.79 Å². The van der Waals surface area contributed by atoms with Crippen molar-refractivity contribution < 1.29 is 14.3 Å². The minimum atomic E-state index is -0.0811. The lowest BCUT2D eigenvalue weighted by Crippen LogP contribution is -2.37. The highest BCUT2D eigenvalue weighted by atomic mass is 16.5. The molecule has 0 fully saturated rings.